The van der Waals surface area contributed by atoms with Gasteiger partial charge >= 0.3 is 5.97 Å². The molecule has 0 aliphatic heterocycles. The van der Waals surface area contributed by atoms with Crippen LogP contribution in [0.25, 0.3) is 6.08 Å². The highest BCUT2D eigenvalue weighted by Crippen LogP contribution is 2.28. The molecule has 30 heavy (non-hydrogen) atoms. The second-order valence-corrected chi connectivity index (χ2v) is 6.34. The predicted octanol–water partition coefficient (Wildman–Crippen LogP) is 5.29. The maximum atomic E-state index is 12.1. The molecule has 0 saturated heterocycles. The number of rotatable bonds is 9. The van der Waals surface area contributed by atoms with Crippen molar-refractivity contribution in [2.75, 3.05) is 13.7 Å². The molecule has 5 nitrogen and oxygen atoms in total. The molecule has 0 aliphatic carbocycles. The highest BCUT2D eigenvalue weighted by Gasteiger charge is 2.05. The van der Waals surface area contributed by atoms with Crippen LogP contribution in [-0.4, -0.2) is 19.7 Å². The van der Waals surface area contributed by atoms with E-state index >= 15 is 0 Å². The van der Waals surface area contributed by atoms with E-state index in [4.69, 9.17) is 18.9 Å². The summed E-state index contributed by atoms with van der Waals surface area (Å²) >= 11 is 0. The van der Waals surface area contributed by atoms with E-state index in [0.29, 0.717) is 36.2 Å². The predicted molar refractivity (Wildman–Crippen MR) is 116 cm³/mol. The molecule has 3 aromatic carbocycles. The molecule has 0 aromatic heterocycles. The Bertz CT molecular complexity index is 978. The van der Waals surface area contributed by atoms with Crippen LogP contribution in [-0.2, 0) is 11.4 Å². The first kappa shape index (κ1) is 21.0. The lowest BCUT2D eigenvalue weighted by Gasteiger charge is -2.09. The highest BCUT2D eigenvalue weighted by molar-refractivity contribution is 5.88. The van der Waals surface area contributed by atoms with Crippen molar-refractivity contribution in [1.82, 2.24) is 0 Å². The Hall–Kier alpha value is -3.73. The highest BCUT2D eigenvalue weighted by atomic mass is 16.5. The van der Waals surface area contributed by atoms with E-state index in [2.05, 4.69) is 0 Å². The number of methoxy groups -OCH3 is 1. The van der Waals surface area contributed by atoms with Gasteiger partial charge in [0.15, 0.2) is 11.5 Å². The van der Waals surface area contributed by atoms with Crippen molar-refractivity contribution < 1.29 is 23.7 Å². The van der Waals surface area contributed by atoms with E-state index in [-0.39, 0.29) is 0 Å². The number of hydrogen-bond acceptors (Lipinski definition) is 5. The number of ether oxygens (including phenoxy) is 4. The minimum atomic E-state index is -0.471. The first-order valence-corrected chi connectivity index (χ1v) is 9.65. The second kappa shape index (κ2) is 10.7. The van der Waals surface area contributed by atoms with E-state index in [1.807, 2.05) is 49.4 Å². The minimum absolute atomic E-state index is 0.445. The largest absolute Gasteiger partial charge is 0.493 e. The van der Waals surface area contributed by atoms with E-state index in [9.17, 15) is 4.79 Å². The summed E-state index contributed by atoms with van der Waals surface area (Å²) in [7, 11) is 1.58. The Morgan fingerprint density at radius 2 is 1.60 bits per heavy atom. The fourth-order valence-electron chi connectivity index (χ4n) is 2.72. The standard InChI is InChI=1S/C25H24O5/c1-3-28-23-15-9-19(17-24(23)27-2)10-16-25(26)30-22-13-11-21(12-14-22)29-18-20-7-5-4-6-8-20/h4-17H,3,18H2,1-2H3/b16-10+. The fraction of sp³-hybridized carbons (Fsp3) is 0.160. The SMILES string of the molecule is CCOc1ccc(/C=C/C(=O)Oc2ccc(OCc3ccccc3)cc2)cc1OC. The van der Waals surface area contributed by atoms with E-state index in [1.54, 1.807) is 43.5 Å². The van der Waals surface area contributed by atoms with Gasteiger partial charge in [0.05, 0.1) is 13.7 Å². The summed E-state index contributed by atoms with van der Waals surface area (Å²) in [5.41, 5.74) is 1.89. The number of hydrogen-bond donors (Lipinski definition) is 0. The molecule has 5 heteroatoms. The Labute approximate surface area is 176 Å². The second-order valence-electron chi connectivity index (χ2n) is 6.34. The Morgan fingerprint density at radius 3 is 2.30 bits per heavy atom. The van der Waals surface area contributed by atoms with Crippen LogP contribution in [0.5, 0.6) is 23.0 Å². The summed E-state index contributed by atoms with van der Waals surface area (Å²) < 4.78 is 21.9. The number of esters is 1. The third-order valence-electron chi connectivity index (χ3n) is 4.19. The third-order valence-corrected chi connectivity index (χ3v) is 4.19. The molecule has 0 heterocycles. The normalized spacial score (nSPS) is 10.6. The molecule has 3 aromatic rings. The number of carbonyl (C=O) groups is 1. The molecular weight excluding hydrogens is 380 g/mol. The molecule has 0 unspecified atom stereocenters. The van der Waals surface area contributed by atoms with Gasteiger partial charge in [-0.1, -0.05) is 36.4 Å². The zero-order valence-electron chi connectivity index (χ0n) is 17.0. The van der Waals surface area contributed by atoms with Gasteiger partial charge in [-0.2, -0.15) is 0 Å². The van der Waals surface area contributed by atoms with Gasteiger partial charge in [0.2, 0.25) is 0 Å². The van der Waals surface area contributed by atoms with Crippen LogP contribution >= 0.6 is 0 Å². The number of carbonyl (C=O) groups excluding carboxylic acids is 1. The maximum Gasteiger partial charge on any atom is 0.336 e. The summed E-state index contributed by atoms with van der Waals surface area (Å²) in [5, 5.41) is 0. The molecule has 154 valence electrons. The maximum absolute atomic E-state index is 12.1. The smallest absolute Gasteiger partial charge is 0.336 e. The third kappa shape index (κ3) is 6.14. The zero-order valence-corrected chi connectivity index (χ0v) is 17.0. The van der Waals surface area contributed by atoms with Crippen molar-refractivity contribution in [3.8, 4) is 23.0 Å². The lowest BCUT2D eigenvalue weighted by Crippen LogP contribution is -2.03. The summed E-state index contributed by atoms with van der Waals surface area (Å²) in [6.45, 7) is 2.94. The fourth-order valence-corrected chi connectivity index (χ4v) is 2.72. The van der Waals surface area contributed by atoms with Crippen LogP contribution < -0.4 is 18.9 Å². The van der Waals surface area contributed by atoms with Gasteiger partial charge in [-0.15, -0.1) is 0 Å². The molecular formula is C25H24O5. The zero-order chi connectivity index (χ0) is 21.2. The van der Waals surface area contributed by atoms with Crippen LogP contribution in [0.2, 0.25) is 0 Å². The van der Waals surface area contributed by atoms with E-state index in [1.165, 1.54) is 6.08 Å². The molecule has 0 saturated carbocycles. The van der Waals surface area contributed by atoms with Gasteiger partial charge in [0.1, 0.15) is 18.1 Å². The van der Waals surface area contributed by atoms with Crippen molar-refractivity contribution in [3.63, 3.8) is 0 Å². The van der Waals surface area contributed by atoms with Crippen molar-refractivity contribution in [3.05, 3.63) is 90.0 Å². The van der Waals surface area contributed by atoms with Gasteiger partial charge in [-0.3, -0.25) is 0 Å². The molecule has 0 spiro atoms. The average Bonchev–Trinajstić information content (AvgIpc) is 2.79. The summed E-state index contributed by atoms with van der Waals surface area (Å²) in [6.07, 6.45) is 3.03. The van der Waals surface area contributed by atoms with Gasteiger partial charge in [0, 0.05) is 6.08 Å². The van der Waals surface area contributed by atoms with Gasteiger partial charge in [-0.05, 0) is 60.5 Å². The van der Waals surface area contributed by atoms with Crippen LogP contribution in [0.1, 0.15) is 18.1 Å². The quantitative estimate of drug-likeness (QED) is 0.275. The van der Waals surface area contributed by atoms with Crippen LogP contribution in [0.4, 0.5) is 0 Å². The minimum Gasteiger partial charge on any atom is -0.493 e. The van der Waals surface area contributed by atoms with Crippen molar-refractivity contribution >= 4 is 12.0 Å². The van der Waals surface area contributed by atoms with Crippen LogP contribution in [0.3, 0.4) is 0 Å². The lowest BCUT2D eigenvalue weighted by atomic mass is 10.2. The Morgan fingerprint density at radius 1 is 0.867 bits per heavy atom. The summed E-state index contributed by atoms with van der Waals surface area (Å²) in [5.74, 6) is 1.95. The number of benzene rings is 3. The summed E-state index contributed by atoms with van der Waals surface area (Å²) in [6, 6.07) is 22.3. The first-order valence-electron chi connectivity index (χ1n) is 9.65. The van der Waals surface area contributed by atoms with Gasteiger partial charge in [-0.25, -0.2) is 4.79 Å². The molecule has 0 fully saturated rings. The molecule has 0 N–H and O–H groups in total. The first-order chi connectivity index (χ1) is 14.7. The van der Waals surface area contributed by atoms with Crippen molar-refractivity contribution in [2.24, 2.45) is 0 Å². The Kier molecular flexibility index (Phi) is 7.50. The Balaban J connectivity index is 1.54. The van der Waals surface area contributed by atoms with Crippen LogP contribution in [0.15, 0.2) is 78.9 Å². The van der Waals surface area contributed by atoms with Crippen molar-refractivity contribution in [1.29, 1.82) is 0 Å². The van der Waals surface area contributed by atoms with E-state index < -0.39 is 5.97 Å². The van der Waals surface area contributed by atoms with E-state index in [0.717, 1.165) is 11.1 Å². The van der Waals surface area contributed by atoms with Gasteiger partial charge in [0.25, 0.3) is 0 Å². The van der Waals surface area contributed by atoms with Crippen molar-refractivity contribution in [2.45, 2.75) is 13.5 Å². The average molecular weight is 404 g/mol. The molecule has 0 bridgehead atoms. The van der Waals surface area contributed by atoms with Crippen LogP contribution in [0, 0.1) is 0 Å². The molecule has 0 amide bonds. The summed E-state index contributed by atoms with van der Waals surface area (Å²) in [4.78, 5) is 12.1. The topological polar surface area (TPSA) is 54.0 Å². The van der Waals surface area contributed by atoms with Gasteiger partial charge < -0.3 is 18.9 Å². The monoisotopic (exact) mass is 404 g/mol. The molecule has 0 aliphatic rings. The molecule has 0 radical (unpaired) electrons. The lowest BCUT2D eigenvalue weighted by molar-refractivity contribution is -0.128. The molecule has 3 rings (SSSR count). The molecule has 0 atom stereocenters.